The third kappa shape index (κ3) is 5.05. The van der Waals surface area contributed by atoms with E-state index in [1.807, 2.05) is 30.3 Å². The molecular weight excluding hydrogens is 407 g/mol. The lowest BCUT2D eigenvalue weighted by molar-refractivity contribution is -0.121. The van der Waals surface area contributed by atoms with Gasteiger partial charge in [-0.25, -0.2) is 4.39 Å². The monoisotopic (exact) mass is 434 g/mol. The van der Waals surface area contributed by atoms with Crippen LogP contribution in [0.3, 0.4) is 0 Å². The molecule has 0 spiro atoms. The number of nitrogens with one attached hydrogen (secondary N) is 1. The van der Waals surface area contributed by atoms with Crippen LogP contribution in [0.15, 0.2) is 72.2 Å². The first-order chi connectivity index (χ1) is 15.0. The standard InChI is InChI=1S/C26H27FN2OS/c1-18(2)15-28-26(30)14-22(25-8-5-13-31-25)23-17-29(24-7-4-3-6-21(23)24)16-19-9-11-20(27)12-10-19/h3-13,17-18,22H,14-16H2,1-2H3,(H,28,30). The fourth-order valence-electron chi connectivity index (χ4n) is 3.90. The molecule has 0 aliphatic carbocycles. The number of carbonyl (C=O) groups excluding carboxylic acids is 1. The zero-order valence-electron chi connectivity index (χ0n) is 17.8. The minimum absolute atomic E-state index is 0.00784. The van der Waals surface area contributed by atoms with E-state index in [1.54, 1.807) is 11.3 Å². The maximum absolute atomic E-state index is 13.3. The smallest absolute Gasteiger partial charge is 0.220 e. The molecule has 0 radical (unpaired) electrons. The Morgan fingerprint density at radius 2 is 1.84 bits per heavy atom. The Balaban J connectivity index is 1.71. The summed E-state index contributed by atoms with van der Waals surface area (Å²) >= 11 is 1.68. The molecule has 2 heterocycles. The Hall–Kier alpha value is -2.92. The minimum Gasteiger partial charge on any atom is -0.356 e. The Bertz CT molecular complexity index is 1150. The minimum atomic E-state index is -0.230. The highest BCUT2D eigenvalue weighted by Gasteiger charge is 2.23. The van der Waals surface area contributed by atoms with E-state index in [0.717, 1.165) is 22.0 Å². The average Bonchev–Trinajstić information content (AvgIpc) is 3.41. The second-order valence-electron chi connectivity index (χ2n) is 8.33. The average molecular weight is 435 g/mol. The third-order valence-corrected chi connectivity index (χ3v) is 6.43. The van der Waals surface area contributed by atoms with Gasteiger partial charge in [0, 0.05) is 47.4 Å². The van der Waals surface area contributed by atoms with Crippen LogP contribution < -0.4 is 5.32 Å². The van der Waals surface area contributed by atoms with E-state index >= 15 is 0 Å². The highest BCUT2D eigenvalue weighted by molar-refractivity contribution is 7.10. The van der Waals surface area contributed by atoms with Gasteiger partial charge >= 0.3 is 0 Å². The number of carbonyl (C=O) groups is 1. The fourth-order valence-corrected chi connectivity index (χ4v) is 4.75. The van der Waals surface area contributed by atoms with Crippen molar-refractivity contribution in [3.05, 3.63) is 94.1 Å². The molecule has 3 nitrogen and oxygen atoms in total. The molecule has 1 unspecified atom stereocenters. The predicted molar refractivity (Wildman–Crippen MR) is 126 cm³/mol. The Labute approximate surface area is 186 Å². The molecule has 0 aliphatic rings. The van der Waals surface area contributed by atoms with Crippen LogP contribution in [-0.4, -0.2) is 17.0 Å². The zero-order valence-corrected chi connectivity index (χ0v) is 18.7. The van der Waals surface area contributed by atoms with Crippen LogP contribution in [0.25, 0.3) is 10.9 Å². The summed E-state index contributed by atoms with van der Waals surface area (Å²) in [5.41, 5.74) is 3.31. The molecule has 4 rings (SSSR count). The summed E-state index contributed by atoms with van der Waals surface area (Å²) in [6, 6.07) is 19.1. The molecule has 0 fully saturated rings. The number of benzene rings is 2. The number of aromatic nitrogens is 1. The first-order valence-corrected chi connectivity index (χ1v) is 11.5. The first-order valence-electron chi connectivity index (χ1n) is 10.6. The van der Waals surface area contributed by atoms with Crippen molar-refractivity contribution in [2.45, 2.75) is 32.7 Å². The SMILES string of the molecule is CC(C)CNC(=O)CC(c1cccs1)c1cn(Cc2ccc(F)cc2)c2ccccc12. The Morgan fingerprint density at radius 1 is 1.06 bits per heavy atom. The van der Waals surface area contributed by atoms with Gasteiger partial charge in [-0.05, 0) is 46.7 Å². The molecule has 2 aromatic carbocycles. The van der Waals surface area contributed by atoms with E-state index in [4.69, 9.17) is 0 Å². The summed E-state index contributed by atoms with van der Waals surface area (Å²) in [6.07, 6.45) is 2.58. The van der Waals surface area contributed by atoms with Gasteiger partial charge in [0.1, 0.15) is 5.82 Å². The second kappa shape index (κ2) is 9.48. The lowest BCUT2D eigenvalue weighted by atomic mass is 9.93. The summed E-state index contributed by atoms with van der Waals surface area (Å²) in [5, 5.41) is 6.28. The number of thiophene rings is 1. The van der Waals surface area contributed by atoms with Gasteiger partial charge in [-0.15, -0.1) is 11.3 Å². The molecule has 1 atom stereocenters. The van der Waals surface area contributed by atoms with Gasteiger partial charge < -0.3 is 9.88 Å². The van der Waals surface area contributed by atoms with Crippen LogP contribution in [0.1, 0.15) is 42.2 Å². The number of nitrogens with zero attached hydrogens (tertiary/aromatic N) is 1. The van der Waals surface area contributed by atoms with Crippen LogP contribution in [0.4, 0.5) is 4.39 Å². The topological polar surface area (TPSA) is 34.0 Å². The number of halogens is 1. The van der Waals surface area contributed by atoms with Crippen LogP contribution in [-0.2, 0) is 11.3 Å². The number of amides is 1. The van der Waals surface area contributed by atoms with Crippen molar-refractivity contribution in [3.8, 4) is 0 Å². The van der Waals surface area contributed by atoms with Gasteiger partial charge in [-0.3, -0.25) is 4.79 Å². The Kier molecular flexibility index (Phi) is 6.52. The summed E-state index contributed by atoms with van der Waals surface area (Å²) < 4.78 is 15.5. The van der Waals surface area contributed by atoms with Crippen molar-refractivity contribution >= 4 is 28.1 Å². The van der Waals surface area contributed by atoms with Crippen LogP contribution in [0.5, 0.6) is 0 Å². The molecule has 5 heteroatoms. The molecule has 0 bridgehead atoms. The van der Waals surface area contributed by atoms with Gasteiger partial charge in [-0.2, -0.15) is 0 Å². The maximum atomic E-state index is 13.3. The molecule has 1 amide bonds. The molecule has 0 saturated heterocycles. The van der Waals surface area contributed by atoms with E-state index in [0.29, 0.717) is 25.4 Å². The quantitative estimate of drug-likeness (QED) is 0.353. The van der Waals surface area contributed by atoms with Crippen LogP contribution >= 0.6 is 11.3 Å². The highest BCUT2D eigenvalue weighted by Crippen LogP contribution is 2.37. The number of para-hydroxylation sites is 1. The van der Waals surface area contributed by atoms with Crippen molar-refractivity contribution in [1.82, 2.24) is 9.88 Å². The number of rotatable bonds is 8. The lowest BCUT2D eigenvalue weighted by Crippen LogP contribution is -2.28. The second-order valence-corrected chi connectivity index (χ2v) is 9.31. The molecule has 31 heavy (non-hydrogen) atoms. The van der Waals surface area contributed by atoms with Crippen molar-refractivity contribution in [3.63, 3.8) is 0 Å². The largest absolute Gasteiger partial charge is 0.356 e. The van der Waals surface area contributed by atoms with E-state index < -0.39 is 0 Å². The van der Waals surface area contributed by atoms with Crippen LogP contribution in [0, 0.1) is 11.7 Å². The summed E-state index contributed by atoms with van der Waals surface area (Å²) in [7, 11) is 0. The number of fused-ring (bicyclic) bond motifs is 1. The number of hydrogen-bond acceptors (Lipinski definition) is 2. The molecule has 0 saturated carbocycles. The van der Waals surface area contributed by atoms with Gasteiger partial charge in [-0.1, -0.05) is 50.2 Å². The van der Waals surface area contributed by atoms with Crippen molar-refractivity contribution in [2.24, 2.45) is 5.92 Å². The van der Waals surface area contributed by atoms with Gasteiger partial charge in [0.25, 0.3) is 0 Å². The maximum Gasteiger partial charge on any atom is 0.220 e. The molecular formula is C26H27FN2OS. The zero-order chi connectivity index (χ0) is 21.8. The van der Waals surface area contributed by atoms with E-state index in [2.05, 4.69) is 53.5 Å². The van der Waals surface area contributed by atoms with Crippen molar-refractivity contribution in [1.29, 1.82) is 0 Å². The van der Waals surface area contributed by atoms with Crippen LogP contribution in [0.2, 0.25) is 0 Å². The summed E-state index contributed by atoms with van der Waals surface area (Å²) in [6.45, 7) is 5.53. The normalized spacial score (nSPS) is 12.4. The van der Waals surface area contributed by atoms with Gasteiger partial charge in [0.05, 0.1) is 0 Å². The van der Waals surface area contributed by atoms with E-state index in [9.17, 15) is 9.18 Å². The van der Waals surface area contributed by atoms with E-state index in [-0.39, 0.29) is 17.6 Å². The first kappa shape index (κ1) is 21.3. The van der Waals surface area contributed by atoms with Gasteiger partial charge in [0.2, 0.25) is 5.91 Å². The van der Waals surface area contributed by atoms with Crippen molar-refractivity contribution in [2.75, 3.05) is 6.54 Å². The lowest BCUT2D eigenvalue weighted by Gasteiger charge is -2.16. The Morgan fingerprint density at radius 3 is 2.55 bits per heavy atom. The molecule has 1 N–H and O–H groups in total. The van der Waals surface area contributed by atoms with Gasteiger partial charge in [0.15, 0.2) is 0 Å². The van der Waals surface area contributed by atoms with Crippen molar-refractivity contribution < 1.29 is 9.18 Å². The third-order valence-electron chi connectivity index (χ3n) is 5.44. The van der Waals surface area contributed by atoms with E-state index in [1.165, 1.54) is 17.0 Å². The number of hydrogen-bond donors (Lipinski definition) is 1. The molecule has 0 aliphatic heterocycles. The molecule has 160 valence electrons. The summed E-state index contributed by atoms with van der Waals surface area (Å²) in [4.78, 5) is 13.9. The highest BCUT2D eigenvalue weighted by atomic mass is 32.1. The molecule has 2 aromatic heterocycles. The summed E-state index contributed by atoms with van der Waals surface area (Å²) in [5.74, 6) is 0.253. The fraction of sp³-hybridized carbons (Fsp3) is 0.269. The predicted octanol–water partition coefficient (Wildman–Crippen LogP) is 6.18. The molecule has 4 aromatic rings.